The summed E-state index contributed by atoms with van der Waals surface area (Å²) >= 11 is 0. The third kappa shape index (κ3) is 5.59. The van der Waals surface area contributed by atoms with Crippen LogP contribution in [0.3, 0.4) is 0 Å². The van der Waals surface area contributed by atoms with Gasteiger partial charge in [0, 0.05) is 5.16 Å². The van der Waals surface area contributed by atoms with Gasteiger partial charge in [0.05, 0.1) is 14.4 Å². The standard InChI is InChI=1S/C6H15O3PS/c1-6(2,3)10(4)9-11(5,7)8/h1-5H3. The zero-order valence-electron chi connectivity index (χ0n) is 7.58. The molecule has 68 valence electrons. The van der Waals surface area contributed by atoms with Crippen molar-refractivity contribution in [3.63, 3.8) is 0 Å². The van der Waals surface area contributed by atoms with Gasteiger partial charge >= 0.3 is 0 Å². The second kappa shape index (κ2) is 3.38. The minimum Gasteiger partial charge on any atom is -0.248 e. The van der Waals surface area contributed by atoms with Crippen LogP contribution in [0, 0.1) is 0 Å². The number of hydrogen-bond donors (Lipinski definition) is 0. The fourth-order valence-corrected chi connectivity index (χ4v) is 2.83. The Morgan fingerprint density at radius 3 is 1.73 bits per heavy atom. The molecule has 3 nitrogen and oxygen atoms in total. The largest absolute Gasteiger partial charge is 0.267 e. The fraction of sp³-hybridized carbons (Fsp3) is 1.00. The minimum atomic E-state index is -3.28. The molecule has 0 aromatic rings. The summed E-state index contributed by atoms with van der Waals surface area (Å²) in [5.74, 6) is 0. The molecule has 0 fully saturated rings. The van der Waals surface area contributed by atoms with E-state index in [4.69, 9.17) is 3.97 Å². The lowest BCUT2D eigenvalue weighted by Crippen LogP contribution is -2.14. The normalized spacial score (nSPS) is 16.5. The zero-order chi connectivity index (χ0) is 9.28. The van der Waals surface area contributed by atoms with E-state index in [0.717, 1.165) is 6.26 Å². The lowest BCUT2D eigenvalue weighted by molar-refractivity contribution is 0.506. The molecule has 0 aliphatic rings. The summed E-state index contributed by atoms with van der Waals surface area (Å²) in [5, 5.41) is -0.0710. The Hall–Kier alpha value is 0.340. The van der Waals surface area contributed by atoms with Crippen LogP contribution >= 0.6 is 8.15 Å². The molecule has 0 heterocycles. The average Bonchev–Trinajstić information content (AvgIpc) is 1.56. The van der Waals surface area contributed by atoms with Gasteiger partial charge < -0.3 is 0 Å². The Balaban J connectivity index is 4.21. The van der Waals surface area contributed by atoms with Crippen LogP contribution in [0.4, 0.5) is 0 Å². The first-order chi connectivity index (χ1) is 4.63. The van der Waals surface area contributed by atoms with Crippen LogP contribution in [-0.4, -0.2) is 26.5 Å². The molecule has 0 rings (SSSR count). The molecule has 0 spiro atoms. The van der Waals surface area contributed by atoms with E-state index in [1.54, 1.807) is 0 Å². The molecule has 0 saturated carbocycles. The van der Waals surface area contributed by atoms with Gasteiger partial charge in [-0.05, 0) is 6.66 Å². The van der Waals surface area contributed by atoms with Gasteiger partial charge in [0.2, 0.25) is 0 Å². The monoisotopic (exact) mass is 198 g/mol. The molecule has 0 radical (unpaired) electrons. The van der Waals surface area contributed by atoms with E-state index in [-0.39, 0.29) is 5.16 Å². The van der Waals surface area contributed by atoms with Gasteiger partial charge in [0.1, 0.15) is 0 Å². The smallest absolute Gasteiger partial charge is 0.248 e. The molecule has 1 atom stereocenters. The highest BCUT2D eigenvalue weighted by Crippen LogP contribution is 2.47. The van der Waals surface area contributed by atoms with Crippen molar-refractivity contribution in [3.8, 4) is 0 Å². The summed E-state index contributed by atoms with van der Waals surface area (Å²) < 4.78 is 26.2. The fourth-order valence-electron chi connectivity index (χ4n) is 0.315. The van der Waals surface area contributed by atoms with Crippen molar-refractivity contribution in [1.82, 2.24) is 0 Å². The third-order valence-electron chi connectivity index (χ3n) is 1.19. The molecule has 0 saturated heterocycles. The summed E-state index contributed by atoms with van der Waals surface area (Å²) in [6.45, 7) is 7.70. The Bertz CT molecular complexity index is 214. The second-order valence-corrected chi connectivity index (χ2v) is 7.79. The summed E-state index contributed by atoms with van der Waals surface area (Å²) in [6.07, 6.45) is 1.08. The summed E-state index contributed by atoms with van der Waals surface area (Å²) in [6, 6.07) is 0. The molecule has 0 bridgehead atoms. The maximum absolute atomic E-state index is 10.7. The molecule has 0 aromatic heterocycles. The maximum atomic E-state index is 10.7. The Labute approximate surface area is 70.1 Å². The van der Waals surface area contributed by atoms with Gasteiger partial charge in [-0.15, -0.1) is 0 Å². The van der Waals surface area contributed by atoms with Crippen molar-refractivity contribution in [1.29, 1.82) is 0 Å². The van der Waals surface area contributed by atoms with Crippen LogP contribution < -0.4 is 0 Å². The van der Waals surface area contributed by atoms with E-state index in [1.807, 2.05) is 27.4 Å². The Morgan fingerprint density at radius 2 is 1.64 bits per heavy atom. The molecule has 0 aliphatic carbocycles. The molecule has 11 heavy (non-hydrogen) atoms. The first kappa shape index (κ1) is 11.3. The molecule has 1 unspecified atom stereocenters. The quantitative estimate of drug-likeness (QED) is 0.635. The molecule has 0 aliphatic heterocycles. The highest BCUT2D eigenvalue weighted by Gasteiger charge is 2.24. The van der Waals surface area contributed by atoms with Gasteiger partial charge in [0.25, 0.3) is 10.1 Å². The van der Waals surface area contributed by atoms with Crippen LogP contribution in [0.1, 0.15) is 20.8 Å². The van der Waals surface area contributed by atoms with E-state index < -0.39 is 18.3 Å². The SMILES string of the molecule is CP(OS(C)(=O)=O)C(C)(C)C. The van der Waals surface area contributed by atoms with Crippen molar-refractivity contribution >= 4 is 18.3 Å². The van der Waals surface area contributed by atoms with Crippen molar-refractivity contribution in [2.24, 2.45) is 0 Å². The predicted molar refractivity (Wildman–Crippen MR) is 48.5 cm³/mol. The predicted octanol–water partition coefficient (Wildman–Crippen LogP) is 1.79. The maximum Gasteiger partial charge on any atom is 0.267 e. The summed E-state index contributed by atoms with van der Waals surface area (Å²) in [5.41, 5.74) is 0. The second-order valence-electron chi connectivity index (χ2n) is 3.45. The summed E-state index contributed by atoms with van der Waals surface area (Å²) in [7, 11) is -4.18. The topological polar surface area (TPSA) is 43.4 Å². The van der Waals surface area contributed by atoms with Crippen molar-refractivity contribution in [2.45, 2.75) is 25.9 Å². The van der Waals surface area contributed by atoms with Crippen molar-refractivity contribution in [3.05, 3.63) is 0 Å². The van der Waals surface area contributed by atoms with Crippen molar-refractivity contribution in [2.75, 3.05) is 12.9 Å². The number of rotatable bonds is 2. The average molecular weight is 198 g/mol. The third-order valence-corrected chi connectivity index (χ3v) is 5.06. The van der Waals surface area contributed by atoms with E-state index in [0.29, 0.717) is 0 Å². The van der Waals surface area contributed by atoms with Crippen LogP contribution in [0.25, 0.3) is 0 Å². The van der Waals surface area contributed by atoms with E-state index >= 15 is 0 Å². The number of hydrogen-bond acceptors (Lipinski definition) is 3. The highest BCUT2D eigenvalue weighted by atomic mass is 32.2. The van der Waals surface area contributed by atoms with Gasteiger partial charge in [0.15, 0.2) is 0 Å². The van der Waals surface area contributed by atoms with Gasteiger partial charge in [-0.3, -0.25) is 0 Å². The molecule has 0 aromatic carbocycles. The molecular formula is C6H15O3PS. The van der Waals surface area contributed by atoms with Gasteiger partial charge in [-0.25, -0.2) is 3.97 Å². The highest BCUT2D eigenvalue weighted by molar-refractivity contribution is 7.90. The molecule has 0 amide bonds. The molecule has 5 heteroatoms. The molecule has 0 N–H and O–H groups in total. The van der Waals surface area contributed by atoms with Crippen LogP contribution in [0.2, 0.25) is 0 Å². The van der Waals surface area contributed by atoms with Gasteiger partial charge in [-0.1, -0.05) is 20.8 Å². The van der Waals surface area contributed by atoms with Crippen LogP contribution in [-0.2, 0) is 14.1 Å². The first-order valence-electron chi connectivity index (χ1n) is 3.26. The van der Waals surface area contributed by atoms with Crippen molar-refractivity contribution < 1.29 is 12.4 Å². The van der Waals surface area contributed by atoms with Crippen LogP contribution in [0.5, 0.6) is 0 Å². The first-order valence-corrected chi connectivity index (χ1v) is 6.78. The summed E-state index contributed by atoms with van der Waals surface area (Å²) in [4.78, 5) is 0. The molecular weight excluding hydrogens is 183 g/mol. The zero-order valence-corrected chi connectivity index (χ0v) is 9.29. The lowest BCUT2D eigenvalue weighted by Gasteiger charge is -2.25. The van der Waals surface area contributed by atoms with Gasteiger partial charge in [-0.2, -0.15) is 8.42 Å². The Kier molecular flexibility index (Phi) is 3.48. The minimum absolute atomic E-state index is 0.0710. The lowest BCUT2D eigenvalue weighted by atomic mass is 10.3. The van der Waals surface area contributed by atoms with Crippen LogP contribution in [0.15, 0.2) is 0 Å². The van der Waals surface area contributed by atoms with E-state index in [1.165, 1.54) is 0 Å². The van der Waals surface area contributed by atoms with E-state index in [2.05, 4.69) is 0 Å². The van der Waals surface area contributed by atoms with E-state index in [9.17, 15) is 8.42 Å². The Morgan fingerprint density at radius 1 is 1.27 bits per heavy atom.